The Balaban J connectivity index is 1.74. The summed E-state index contributed by atoms with van der Waals surface area (Å²) in [5.41, 5.74) is 2.17. The molecule has 1 fully saturated rings. The van der Waals surface area contributed by atoms with E-state index in [4.69, 9.17) is 9.47 Å². The van der Waals surface area contributed by atoms with Crippen molar-refractivity contribution in [3.8, 4) is 0 Å². The van der Waals surface area contributed by atoms with Crippen molar-refractivity contribution < 1.29 is 23.5 Å². The normalized spacial score (nSPS) is 16.8. The van der Waals surface area contributed by atoms with Gasteiger partial charge in [0.1, 0.15) is 5.82 Å². The SMILES string of the molecule is CC1(C)OC(=O)/C(=C/C(=O)c2cn(Cc3ccc(F)cc3)c3ccc(Br)cc23)O1. The number of halogens is 2. The lowest BCUT2D eigenvalue weighted by atomic mass is 10.1. The number of nitrogens with zero attached hydrogens (tertiary/aromatic N) is 1. The van der Waals surface area contributed by atoms with Gasteiger partial charge in [-0.2, -0.15) is 0 Å². The largest absolute Gasteiger partial charge is 0.445 e. The lowest BCUT2D eigenvalue weighted by molar-refractivity contribution is -0.159. The highest BCUT2D eigenvalue weighted by Crippen LogP contribution is 2.29. The number of cyclic esters (lactones) is 1. The molecule has 2 heterocycles. The van der Waals surface area contributed by atoms with Gasteiger partial charge in [0.25, 0.3) is 0 Å². The van der Waals surface area contributed by atoms with Gasteiger partial charge in [0, 0.05) is 53.6 Å². The minimum Gasteiger partial charge on any atom is -0.445 e. The number of benzene rings is 2. The quantitative estimate of drug-likeness (QED) is 0.315. The van der Waals surface area contributed by atoms with Gasteiger partial charge >= 0.3 is 5.97 Å². The molecule has 148 valence electrons. The third kappa shape index (κ3) is 3.96. The summed E-state index contributed by atoms with van der Waals surface area (Å²) in [4.78, 5) is 24.9. The average Bonchev–Trinajstić information content (AvgIpc) is 3.12. The predicted molar refractivity (Wildman–Crippen MR) is 109 cm³/mol. The Kier molecular flexibility index (Phi) is 4.78. The first-order valence-corrected chi connectivity index (χ1v) is 9.72. The Hall–Kier alpha value is -2.93. The number of allylic oxidation sites excluding steroid dienone is 1. The minimum atomic E-state index is -1.09. The topological polar surface area (TPSA) is 57.5 Å². The van der Waals surface area contributed by atoms with Crippen molar-refractivity contribution in [2.75, 3.05) is 0 Å². The van der Waals surface area contributed by atoms with Crippen LogP contribution in [0.25, 0.3) is 10.9 Å². The number of fused-ring (bicyclic) bond motifs is 1. The van der Waals surface area contributed by atoms with Gasteiger partial charge in [-0.1, -0.05) is 28.1 Å². The molecule has 0 saturated carbocycles. The molecule has 4 rings (SSSR count). The van der Waals surface area contributed by atoms with Crippen molar-refractivity contribution in [3.63, 3.8) is 0 Å². The fraction of sp³-hybridized carbons (Fsp3) is 0.182. The lowest BCUT2D eigenvalue weighted by Gasteiger charge is -2.13. The van der Waals surface area contributed by atoms with Crippen LogP contribution in [-0.4, -0.2) is 22.1 Å². The molecule has 0 radical (unpaired) electrons. The van der Waals surface area contributed by atoms with E-state index in [-0.39, 0.29) is 17.4 Å². The molecule has 0 amide bonds. The zero-order valence-corrected chi connectivity index (χ0v) is 17.3. The highest BCUT2D eigenvalue weighted by molar-refractivity contribution is 9.10. The molecule has 0 unspecified atom stereocenters. The van der Waals surface area contributed by atoms with Crippen molar-refractivity contribution in [3.05, 3.63) is 81.9 Å². The van der Waals surface area contributed by atoms with E-state index < -0.39 is 11.8 Å². The second kappa shape index (κ2) is 7.15. The van der Waals surface area contributed by atoms with Crippen LogP contribution in [0.2, 0.25) is 0 Å². The molecular weight excluding hydrogens is 441 g/mol. The maximum atomic E-state index is 13.2. The number of aromatic nitrogens is 1. The molecule has 0 spiro atoms. The molecule has 1 aliphatic heterocycles. The molecule has 0 aliphatic carbocycles. The molecule has 1 aliphatic rings. The van der Waals surface area contributed by atoms with Crippen molar-refractivity contribution in [1.29, 1.82) is 0 Å². The minimum absolute atomic E-state index is 0.116. The molecule has 1 saturated heterocycles. The summed E-state index contributed by atoms with van der Waals surface area (Å²) < 4.78 is 26.4. The molecule has 2 aromatic carbocycles. The lowest BCUT2D eigenvalue weighted by Crippen LogP contribution is -2.19. The molecule has 0 bridgehead atoms. The van der Waals surface area contributed by atoms with Gasteiger partial charge in [0.05, 0.1) is 0 Å². The van der Waals surface area contributed by atoms with Gasteiger partial charge in [-0.15, -0.1) is 0 Å². The number of esters is 1. The number of ether oxygens (including phenoxy) is 2. The molecule has 5 nitrogen and oxygen atoms in total. The fourth-order valence-electron chi connectivity index (χ4n) is 3.27. The number of hydrogen-bond acceptors (Lipinski definition) is 4. The summed E-state index contributed by atoms with van der Waals surface area (Å²) in [6.45, 7) is 3.66. The van der Waals surface area contributed by atoms with Gasteiger partial charge in [-0.3, -0.25) is 4.79 Å². The first-order chi connectivity index (χ1) is 13.7. The molecule has 29 heavy (non-hydrogen) atoms. The monoisotopic (exact) mass is 457 g/mol. The van der Waals surface area contributed by atoms with E-state index in [0.717, 1.165) is 27.0 Å². The standard InChI is InChI=1S/C22H17BrFNO4/c1-22(2)28-20(21(27)29-22)10-19(26)17-12-25(11-13-3-6-15(24)7-4-13)18-8-5-14(23)9-16(17)18/h3-10,12H,11H2,1-2H3/b20-10-. The Morgan fingerprint density at radius 2 is 1.90 bits per heavy atom. The van der Waals surface area contributed by atoms with Crippen LogP contribution in [-0.2, 0) is 20.8 Å². The highest BCUT2D eigenvalue weighted by Gasteiger charge is 2.38. The van der Waals surface area contributed by atoms with Crippen molar-refractivity contribution in [2.45, 2.75) is 26.2 Å². The van der Waals surface area contributed by atoms with E-state index in [9.17, 15) is 14.0 Å². The predicted octanol–water partition coefficient (Wildman–Crippen LogP) is 4.97. The number of rotatable bonds is 4. The summed E-state index contributed by atoms with van der Waals surface area (Å²) >= 11 is 3.44. The van der Waals surface area contributed by atoms with E-state index in [1.807, 2.05) is 22.8 Å². The summed E-state index contributed by atoms with van der Waals surface area (Å²) in [5.74, 6) is -2.54. The second-order valence-corrected chi connectivity index (χ2v) is 8.14. The van der Waals surface area contributed by atoms with E-state index >= 15 is 0 Å². The molecule has 1 aromatic heterocycles. The number of carbonyl (C=O) groups excluding carboxylic acids is 2. The van der Waals surface area contributed by atoms with Crippen molar-refractivity contribution >= 4 is 38.6 Å². The Bertz CT molecular complexity index is 1160. The van der Waals surface area contributed by atoms with E-state index in [1.54, 1.807) is 32.2 Å². The first-order valence-electron chi connectivity index (χ1n) is 8.93. The Morgan fingerprint density at radius 3 is 2.55 bits per heavy atom. The van der Waals surface area contributed by atoms with Gasteiger partial charge in [0.15, 0.2) is 5.78 Å². The third-order valence-electron chi connectivity index (χ3n) is 4.53. The Labute approximate surface area is 174 Å². The van der Waals surface area contributed by atoms with Crippen LogP contribution in [0, 0.1) is 5.82 Å². The molecule has 0 N–H and O–H groups in total. The average molecular weight is 458 g/mol. The second-order valence-electron chi connectivity index (χ2n) is 7.22. The van der Waals surface area contributed by atoms with Crippen LogP contribution >= 0.6 is 15.9 Å². The fourth-order valence-corrected chi connectivity index (χ4v) is 3.63. The smallest absolute Gasteiger partial charge is 0.377 e. The van der Waals surface area contributed by atoms with E-state index in [1.165, 1.54) is 12.1 Å². The zero-order valence-electron chi connectivity index (χ0n) is 15.7. The summed E-state index contributed by atoms with van der Waals surface area (Å²) in [6.07, 6.45) is 2.89. The number of hydrogen-bond donors (Lipinski definition) is 0. The van der Waals surface area contributed by atoms with E-state index in [0.29, 0.717) is 12.1 Å². The van der Waals surface area contributed by atoms with Crippen LogP contribution in [0.5, 0.6) is 0 Å². The van der Waals surface area contributed by atoms with Crippen molar-refractivity contribution in [1.82, 2.24) is 4.57 Å². The van der Waals surface area contributed by atoms with Gasteiger partial charge < -0.3 is 14.0 Å². The van der Waals surface area contributed by atoms with E-state index in [2.05, 4.69) is 15.9 Å². The molecule has 0 atom stereocenters. The number of ketones is 1. The van der Waals surface area contributed by atoms with Crippen molar-refractivity contribution in [2.24, 2.45) is 0 Å². The van der Waals surface area contributed by atoms with Gasteiger partial charge in [-0.25, -0.2) is 9.18 Å². The number of carbonyl (C=O) groups is 2. The summed E-state index contributed by atoms with van der Waals surface area (Å²) in [6, 6.07) is 11.8. The maximum absolute atomic E-state index is 13.2. The highest BCUT2D eigenvalue weighted by atomic mass is 79.9. The van der Waals surface area contributed by atoms with Gasteiger partial charge in [0.2, 0.25) is 11.5 Å². The van der Waals surface area contributed by atoms with Crippen LogP contribution < -0.4 is 0 Å². The maximum Gasteiger partial charge on any atom is 0.377 e. The molecule has 7 heteroatoms. The van der Waals surface area contributed by atoms with Crippen LogP contribution in [0.4, 0.5) is 4.39 Å². The van der Waals surface area contributed by atoms with Crippen LogP contribution in [0.1, 0.15) is 29.8 Å². The van der Waals surface area contributed by atoms with Crippen LogP contribution in [0.15, 0.2) is 65.0 Å². The summed E-state index contributed by atoms with van der Waals surface area (Å²) in [7, 11) is 0. The Morgan fingerprint density at radius 1 is 1.17 bits per heavy atom. The summed E-state index contributed by atoms with van der Waals surface area (Å²) in [5, 5.41) is 0.731. The van der Waals surface area contributed by atoms with Crippen LogP contribution in [0.3, 0.4) is 0 Å². The van der Waals surface area contributed by atoms with Gasteiger partial charge in [-0.05, 0) is 35.9 Å². The molecule has 3 aromatic rings. The first kappa shape index (κ1) is 19.4. The molecular formula is C22H17BrFNO4. The zero-order chi connectivity index (χ0) is 20.8. The third-order valence-corrected chi connectivity index (χ3v) is 5.03.